The lowest BCUT2D eigenvalue weighted by Crippen LogP contribution is -2.42. The van der Waals surface area contributed by atoms with Crippen molar-refractivity contribution in [2.75, 3.05) is 5.32 Å². The maximum Gasteiger partial charge on any atom is 0.223 e. The number of carbonyl (C=O) groups is 1. The molecular formula is C23H30ClN3O. The molecule has 2 aliphatic rings. The molecule has 1 aromatic carbocycles. The molecule has 0 atom stereocenters. The van der Waals surface area contributed by atoms with E-state index in [1.54, 1.807) is 0 Å². The molecule has 0 radical (unpaired) electrons. The maximum atomic E-state index is 12.6. The predicted molar refractivity (Wildman–Crippen MR) is 116 cm³/mol. The smallest absolute Gasteiger partial charge is 0.223 e. The lowest BCUT2D eigenvalue weighted by molar-refractivity contribution is -0.126. The van der Waals surface area contributed by atoms with Gasteiger partial charge in [-0.15, -0.1) is 0 Å². The van der Waals surface area contributed by atoms with E-state index in [2.05, 4.69) is 15.6 Å². The molecule has 0 aliphatic heterocycles. The third-order valence-electron chi connectivity index (χ3n) is 6.36. The first-order valence-electron chi connectivity index (χ1n) is 10.8. The largest absolute Gasteiger partial charge is 0.382 e. The van der Waals surface area contributed by atoms with Crippen molar-refractivity contribution >= 4 is 34.1 Å². The Morgan fingerprint density at radius 3 is 2.39 bits per heavy atom. The van der Waals surface area contributed by atoms with Crippen molar-refractivity contribution in [1.82, 2.24) is 10.3 Å². The molecule has 1 amide bonds. The third kappa shape index (κ3) is 4.78. The zero-order valence-electron chi connectivity index (χ0n) is 16.4. The van der Waals surface area contributed by atoms with Crippen molar-refractivity contribution in [3.8, 4) is 0 Å². The summed E-state index contributed by atoms with van der Waals surface area (Å²) in [5.41, 5.74) is 2.04. The van der Waals surface area contributed by atoms with E-state index in [1.807, 2.05) is 30.5 Å². The quantitative estimate of drug-likeness (QED) is 0.648. The van der Waals surface area contributed by atoms with Gasteiger partial charge in [-0.1, -0.05) is 37.3 Å². The van der Waals surface area contributed by atoms with E-state index >= 15 is 0 Å². The second kappa shape index (κ2) is 9.13. The number of pyridine rings is 1. The number of halogens is 1. The standard InChI is InChI=1S/C23H30ClN3O/c24-17-7-12-20-21(13-14-25-22(20)15-17)26-18-8-10-19(11-9-18)27-23(28)16-5-3-1-2-4-6-16/h7,12-16,18-19H,1-6,8-11H2,(H,25,26)(H,27,28). The van der Waals surface area contributed by atoms with Crippen LogP contribution in [0.5, 0.6) is 0 Å². The van der Waals surface area contributed by atoms with Gasteiger partial charge in [-0.25, -0.2) is 0 Å². The highest BCUT2D eigenvalue weighted by Crippen LogP contribution is 2.29. The molecule has 4 rings (SSSR count). The van der Waals surface area contributed by atoms with Crippen LogP contribution in [0.3, 0.4) is 0 Å². The summed E-state index contributed by atoms with van der Waals surface area (Å²) in [4.78, 5) is 17.0. The number of amides is 1. The Kier molecular flexibility index (Phi) is 6.36. The van der Waals surface area contributed by atoms with Gasteiger partial charge in [0.1, 0.15) is 0 Å². The number of rotatable bonds is 4. The summed E-state index contributed by atoms with van der Waals surface area (Å²) in [7, 11) is 0. The number of benzene rings is 1. The summed E-state index contributed by atoms with van der Waals surface area (Å²) in [6.07, 6.45) is 13.2. The van der Waals surface area contributed by atoms with Crippen LogP contribution in [0, 0.1) is 5.92 Å². The number of aromatic nitrogens is 1. The Hall–Kier alpha value is -1.81. The number of carbonyl (C=O) groups excluding carboxylic acids is 1. The average Bonchev–Trinajstić information content (AvgIpc) is 2.99. The minimum Gasteiger partial charge on any atom is -0.382 e. The summed E-state index contributed by atoms with van der Waals surface area (Å²) in [6, 6.07) is 8.66. The normalized spacial score (nSPS) is 23.9. The molecule has 1 aromatic heterocycles. The molecule has 0 unspecified atom stereocenters. The van der Waals surface area contributed by atoms with E-state index in [9.17, 15) is 4.79 Å². The summed E-state index contributed by atoms with van der Waals surface area (Å²) in [6.45, 7) is 0. The van der Waals surface area contributed by atoms with Gasteiger partial charge in [0.05, 0.1) is 5.52 Å². The topological polar surface area (TPSA) is 54.0 Å². The summed E-state index contributed by atoms with van der Waals surface area (Å²) >= 11 is 6.09. The average molecular weight is 400 g/mol. The molecule has 2 aliphatic carbocycles. The SMILES string of the molecule is O=C(NC1CCC(Nc2ccnc3cc(Cl)ccc23)CC1)C1CCCCCC1. The van der Waals surface area contributed by atoms with Crippen LogP contribution in [0.15, 0.2) is 30.5 Å². The predicted octanol–water partition coefficient (Wildman–Crippen LogP) is 5.70. The molecule has 150 valence electrons. The van der Waals surface area contributed by atoms with Gasteiger partial charge in [0.15, 0.2) is 0 Å². The highest BCUT2D eigenvalue weighted by Gasteiger charge is 2.26. The Labute approximate surface area is 172 Å². The molecule has 28 heavy (non-hydrogen) atoms. The van der Waals surface area contributed by atoms with Crippen LogP contribution < -0.4 is 10.6 Å². The van der Waals surface area contributed by atoms with Gasteiger partial charge in [0, 0.05) is 40.3 Å². The van der Waals surface area contributed by atoms with E-state index in [-0.39, 0.29) is 5.92 Å². The van der Waals surface area contributed by atoms with Gasteiger partial charge in [0.2, 0.25) is 5.91 Å². The molecule has 2 saturated carbocycles. The van der Waals surface area contributed by atoms with E-state index in [0.29, 0.717) is 23.0 Å². The monoisotopic (exact) mass is 399 g/mol. The number of nitrogens with zero attached hydrogens (tertiary/aromatic N) is 1. The molecule has 4 nitrogen and oxygen atoms in total. The molecule has 1 heterocycles. The van der Waals surface area contributed by atoms with Crippen LogP contribution in [0.4, 0.5) is 5.69 Å². The zero-order valence-corrected chi connectivity index (χ0v) is 17.2. The molecule has 2 aromatic rings. The van der Waals surface area contributed by atoms with Gasteiger partial charge >= 0.3 is 0 Å². The van der Waals surface area contributed by atoms with Crippen LogP contribution in [0.1, 0.15) is 64.2 Å². The molecule has 2 N–H and O–H groups in total. The highest BCUT2D eigenvalue weighted by atomic mass is 35.5. The molecule has 2 fully saturated rings. The van der Waals surface area contributed by atoms with Gasteiger partial charge < -0.3 is 10.6 Å². The van der Waals surface area contributed by atoms with E-state index < -0.39 is 0 Å². The molecule has 0 spiro atoms. The number of hydrogen-bond acceptors (Lipinski definition) is 3. The zero-order chi connectivity index (χ0) is 19.3. The van der Waals surface area contributed by atoms with Crippen LogP contribution in [0.2, 0.25) is 5.02 Å². The van der Waals surface area contributed by atoms with Crippen LogP contribution in [0.25, 0.3) is 10.9 Å². The van der Waals surface area contributed by atoms with E-state index in [0.717, 1.165) is 55.1 Å². The summed E-state index contributed by atoms with van der Waals surface area (Å²) in [5.74, 6) is 0.545. The third-order valence-corrected chi connectivity index (χ3v) is 6.60. The fourth-order valence-electron chi connectivity index (χ4n) is 4.71. The highest BCUT2D eigenvalue weighted by molar-refractivity contribution is 6.31. The fourth-order valence-corrected chi connectivity index (χ4v) is 4.88. The van der Waals surface area contributed by atoms with Gasteiger partial charge in [-0.3, -0.25) is 9.78 Å². The lowest BCUT2D eigenvalue weighted by atomic mass is 9.90. The first-order chi connectivity index (χ1) is 13.7. The Balaban J connectivity index is 1.30. The van der Waals surface area contributed by atoms with Crippen LogP contribution in [-0.2, 0) is 4.79 Å². The van der Waals surface area contributed by atoms with Crippen LogP contribution in [-0.4, -0.2) is 23.0 Å². The molecule has 5 heteroatoms. The maximum absolute atomic E-state index is 12.6. The van der Waals surface area contributed by atoms with Crippen molar-refractivity contribution in [2.24, 2.45) is 5.92 Å². The van der Waals surface area contributed by atoms with Gasteiger partial charge in [-0.2, -0.15) is 0 Å². The van der Waals surface area contributed by atoms with Gasteiger partial charge in [0.25, 0.3) is 0 Å². The van der Waals surface area contributed by atoms with Gasteiger partial charge in [-0.05, 0) is 62.8 Å². The first kappa shape index (κ1) is 19.5. The fraction of sp³-hybridized carbons (Fsp3) is 0.565. The Morgan fingerprint density at radius 2 is 1.64 bits per heavy atom. The second-order valence-corrected chi connectivity index (χ2v) is 8.85. The number of nitrogens with one attached hydrogen (secondary N) is 2. The number of anilines is 1. The Morgan fingerprint density at radius 1 is 0.929 bits per heavy atom. The van der Waals surface area contributed by atoms with E-state index in [4.69, 9.17) is 11.6 Å². The molecule has 0 bridgehead atoms. The van der Waals surface area contributed by atoms with Crippen molar-refractivity contribution in [1.29, 1.82) is 0 Å². The Bertz CT molecular complexity index is 809. The number of fused-ring (bicyclic) bond motifs is 1. The van der Waals surface area contributed by atoms with Crippen molar-refractivity contribution in [3.05, 3.63) is 35.5 Å². The van der Waals surface area contributed by atoms with Crippen molar-refractivity contribution in [3.63, 3.8) is 0 Å². The van der Waals surface area contributed by atoms with Crippen LogP contribution >= 0.6 is 11.6 Å². The van der Waals surface area contributed by atoms with Crippen molar-refractivity contribution < 1.29 is 4.79 Å². The van der Waals surface area contributed by atoms with E-state index in [1.165, 1.54) is 25.7 Å². The first-order valence-corrected chi connectivity index (χ1v) is 11.2. The minimum absolute atomic E-state index is 0.244. The molecule has 0 saturated heterocycles. The summed E-state index contributed by atoms with van der Waals surface area (Å²) < 4.78 is 0. The molecular weight excluding hydrogens is 370 g/mol. The lowest BCUT2D eigenvalue weighted by Gasteiger charge is -2.31. The number of hydrogen-bond donors (Lipinski definition) is 2. The second-order valence-electron chi connectivity index (χ2n) is 8.41. The van der Waals surface area contributed by atoms with Crippen molar-refractivity contribution in [2.45, 2.75) is 76.3 Å². The summed E-state index contributed by atoms with van der Waals surface area (Å²) in [5, 5.41) is 8.86. The minimum atomic E-state index is 0.244.